The number of anilines is 1. The minimum atomic E-state index is -0.491. The summed E-state index contributed by atoms with van der Waals surface area (Å²) in [5.74, 6) is -0.850. The first-order chi connectivity index (χ1) is 15.1. The van der Waals surface area contributed by atoms with E-state index in [1.807, 2.05) is 30.3 Å². The Hall–Kier alpha value is -2.97. The molecule has 1 aliphatic rings. The lowest BCUT2D eigenvalue weighted by molar-refractivity contribution is -0.113. The van der Waals surface area contributed by atoms with Crippen LogP contribution in [0.1, 0.15) is 16.9 Å². The molecule has 0 unspecified atom stereocenters. The van der Waals surface area contributed by atoms with E-state index in [0.29, 0.717) is 16.2 Å². The molecule has 0 radical (unpaired) electrons. The standard InChI is InChI=1S/C23H18FN3O2S2/c24-16-10-4-5-11-17(16)25-19(28)13-30-23-26-21-20(15-9-6-12-18(15)31-21)22(29)27(23)14-7-2-1-3-8-14/h1-5,7-8,10-11H,6,9,12-13H2,(H,25,28). The molecule has 0 fully saturated rings. The fourth-order valence-corrected chi connectivity index (χ4v) is 5.92. The van der Waals surface area contributed by atoms with Gasteiger partial charge in [0.15, 0.2) is 5.16 Å². The van der Waals surface area contributed by atoms with Crippen LogP contribution in [0.4, 0.5) is 10.1 Å². The van der Waals surface area contributed by atoms with E-state index in [4.69, 9.17) is 4.98 Å². The van der Waals surface area contributed by atoms with Crippen molar-refractivity contribution >= 4 is 44.9 Å². The Morgan fingerprint density at radius 1 is 1.13 bits per heavy atom. The van der Waals surface area contributed by atoms with Crippen LogP contribution in [0.15, 0.2) is 64.5 Å². The summed E-state index contributed by atoms with van der Waals surface area (Å²) in [6.07, 6.45) is 2.95. The van der Waals surface area contributed by atoms with E-state index in [9.17, 15) is 14.0 Å². The Balaban J connectivity index is 1.51. The number of thiophene rings is 1. The molecule has 0 spiro atoms. The first-order valence-electron chi connectivity index (χ1n) is 9.92. The summed E-state index contributed by atoms with van der Waals surface area (Å²) in [5, 5.41) is 3.72. The maximum atomic E-state index is 13.8. The van der Waals surface area contributed by atoms with Gasteiger partial charge in [0.05, 0.1) is 22.5 Å². The molecule has 1 amide bonds. The third-order valence-corrected chi connectivity index (χ3v) is 7.33. The van der Waals surface area contributed by atoms with Crippen LogP contribution < -0.4 is 10.9 Å². The van der Waals surface area contributed by atoms with Crippen LogP contribution in [0.2, 0.25) is 0 Å². The zero-order valence-electron chi connectivity index (χ0n) is 16.4. The number of hydrogen-bond donors (Lipinski definition) is 1. The summed E-state index contributed by atoms with van der Waals surface area (Å²) in [4.78, 5) is 32.7. The molecule has 5 nitrogen and oxygen atoms in total. The number of carbonyl (C=O) groups excluding carboxylic acids is 1. The van der Waals surface area contributed by atoms with Crippen molar-refractivity contribution in [2.24, 2.45) is 0 Å². The molecular formula is C23H18FN3O2S2. The lowest BCUT2D eigenvalue weighted by Gasteiger charge is -2.12. The Kier molecular flexibility index (Phi) is 5.33. The highest BCUT2D eigenvalue weighted by molar-refractivity contribution is 7.99. The van der Waals surface area contributed by atoms with Gasteiger partial charge in [0.1, 0.15) is 10.6 Å². The Bertz CT molecular complexity index is 1350. The van der Waals surface area contributed by atoms with Crippen LogP contribution in [-0.4, -0.2) is 21.2 Å². The maximum absolute atomic E-state index is 13.8. The lowest BCUT2D eigenvalue weighted by atomic mass is 10.2. The molecule has 1 aliphatic carbocycles. The summed E-state index contributed by atoms with van der Waals surface area (Å²) in [7, 11) is 0. The number of thioether (sulfide) groups is 1. The average Bonchev–Trinajstić information content (AvgIpc) is 3.35. The predicted octanol–water partition coefficient (Wildman–Crippen LogP) is 4.81. The van der Waals surface area contributed by atoms with Gasteiger partial charge in [0, 0.05) is 4.88 Å². The second-order valence-electron chi connectivity index (χ2n) is 7.22. The van der Waals surface area contributed by atoms with Crippen molar-refractivity contribution in [2.45, 2.75) is 24.4 Å². The number of carbonyl (C=O) groups is 1. The number of halogens is 1. The summed E-state index contributed by atoms with van der Waals surface area (Å²) in [5.41, 5.74) is 1.85. The van der Waals surface area contributed by atoms with Crippen molar-refractivity contribution in [2.75, 3.05) is 11.1 Å². The molecule has 0 aliphatic heterocycles. The quantitative estimate of drug-likeness (QED) is 0.350. The molecule has 0 bridgehead atoms. The first-order valence-corrected chi connectivity index (χ1v) is 11.7. The van der Waals surface area contributed by atoms with Gasteiger partial charge >= 0.3 is 0 Å². The largest absolute Gasteiger partial charge is 0.323 e. The van der Waals surface area contributed by atoms with Crippen LogP contribution in [0.5, 0.6) is 0 Å². The molecule has 5 rings (SSSR count). The summed E-state index contributed by atoms with van der Waals surface area (Å²) in [6.45, 7) is 0. The minimum absolute atomic E-state index is 0.00417. The van der Waals surface area contributed by atoms with Crippen molar-refractivity contribution in [3.8, 4) is 5.69 Å². The van der Waals surface area contributed by atoms with Crippen molar-refractivity contribution in [1.29, 1.82) is 0 Å². The van der Waals surface area contributed by atoms with E-state index < -0.39 is 5.82 Å². The number of nitrogens with one attached hydrogen (secondary N) is 1. The fraction of sp³-hybridized carbons (Fsp3) is 0.174. The van der Waals surface area contributed by atoms with Crippen LogP contribution in [-0.2, 0) is 17.6 Å². The van der Waals surface area contributed by atoms with E-state index in [-0.39, 0.29) is 22.9 Å². The number of rotatable bonds is 5. The number of amides is 1. The first kappa shape index (κ1) is 20.0. The van der Waals surface area contributed by atoms with Crippen LogP contribution in [0.25, 0.3) is 15.9 Å². The molecule has 0 saturated heterocycles. The number of para-hydroxylation sites is 2. The molecule has 1 N–H and O–H groups in total. The summed E-state index contributed by atoms with van der Waals surface area (Å²) < 4.78 is 15.4. The monoisotopic (exact) mass is 451 g/mol. The second-order valence-corrected chi connectivity index (χ2v) is 9.25. The molecule has 2 aromatic heterocycles. The highest BCUT2D eigenvalue weighted by Crippen LogP contribution is 2.36. The number of hydrogen-bond acceptors (Lipinski definition) is 5. The number of aryl methyl sites for hydroxylation is 2. The Morgan fingerprint density at radius 3 is 2.71 bits per heavy atom. The van der Waals surface area contributed by atoms with Gasteiger partial charge < -0.3 is 5.32 Å². The highest BCUT2D eigenvalue weighted by Gasteiger charge is 2.24. The zero-order chi connectivity index (χ0) is 21.4. The zero-order valence-corrected chi connectivity index (χ0v) is 18.1. The summed E-state index contributed by atoms with van der Waals surface area (Å²) >= 11 is 2.74. The van der Waals surface area contributed by atoms with Gasteiger partial charge in [0.25, 0.3) is 5.56 Å². The van der Waals surface area contributed by atoms with E-state index in [1.165, 1.54) is 28.8 Å². The van der Waals surface area contributed by atoms with Crippen molar-refractivity contribution in [1.82, 2.24) is 9.55 Å². The van der Waals surface area contributed by atoms with Gasteiger partial charge in [0.2, 0.25) is 5.91 Å². The Labute approximate surface area is 185 Å². The van der Waals surface area contributed by atoms with Gasteiger partial charge in [-0.15, -0.1) is 11.3 Å². The lowest BCUT2D eigenvalue weighted by Crippen LogP contribution is -2.23. The average molecular weight is 452 g/mol. The van der Waals surface area contributed by atoms with Crippen molar-refractivity contribution < 1.29 is 9.18 Å². The maximum Gasteiger partial charge on any atom is 0.267 e. The molecule has 156 valence electrons. The van der Waals surface area contributed by atoms with E-state index in [2.05, 4.69) is 5.32 Å². The predicted molar refractivity (Wildman–Crippen MR) is 123 cm³/mol. The SMILES string of the molecule is O=C(CSc1nc2sc3c(c2c(=O)n1-c1ccccc1)CCC3)Nc1ccccc1F. The van der Waals surface area contributed by atoms with Crippen LogP contribution in [0.3, 0.4) is 0 Å². The van der Waals surface area contributed by atoms with Gasteiger partial charge in [-0.05, 0) is 49.1 Å². The van der Waals surface area contributed by atoms with Crippen molar-refractivity contribution in [3.05, 3.63) is 81.2 Å². The highest BCUT2D eigenvalue weighted by atomic mass is 32.2. The van der Waals surface area contributed by atoms with Crippen molar-refractivity contribution in [3.63, 3.8) is 0 Å². The van der Waals surface area contributed by atoms with Crippen LogP contribution >= 0.6 is 23.1 Å². The third kappa shape index (κ3) is 3.77. The number of benzene rings is 2. The smallest absolute Gasteiger partial charge is 0.267 e. The molecular weight excluding hydrogens is 433 g/mol. The minimum Gasteiger partial charge on any atom is -0.323 e. The van der Waals surface area contributed by atoms with Gasteiger partial charge in [-0.1, -0.05) is 42.1 Å². The fourth-order valence-electron chi connectivity index (χ4n) is 3.81. The molecule has 8 heteroatoms. The van der Waals surface area contributed by atoms with Gasteiger partial charge in [-0.2, -0.15) is 0 Å². The van der Waals surface area contributed by atoms with Crippen LogP contribution in [0, 0.1) is 5.82 Å². The summed E-state index contributed by atoms with van der Waals surface area (Å²) in [6, 6.07) is 15.3. The molecule has 2 heterocycles. The molecule has 31 heavy (non-hydrogen) atoms. The Morgan fingerprint density at radius 2 is 1.90 bits per heavy atom. The number of aromatic nitrogens is 2. The molecule has 0 atom stereocenters. The molecule has 0 saturated carbocycles. The van der Waals surface area contributed by atoms with E-state index in [0.717, 1.165) is 29.7 Å². The second kappa shape index (κ2) is 8.28. The number of nitrogens with zero attached hydrogens (tertiary/aromatic N) is 2. The van der Waals surface area contributed by atoms with Gasteiger partial charge in [-0.25, -0.2) is 9.37 Å². The number of fused-ring (bicyclic) bond motifs is 3. The van der Waals surface area contributed by atoms with E-state index >= 15 is 0 Å². The topological polar surface area (TPSA) is 64.0 Å². The molecule has 2 aromatic carbocycles. The van der Waals surface area contributed by atoms with E-state index in [1.54, 1.807) is 28.0 Å². The molecule has 4 aromatic rings. The van der Waals surface area contributed by atoms with Gasteiger partial charge in [-0.3, -0.25) is 14.2 Å². The third-order valence-electron chi connectivity index (χ3n) is 5.20. The normalized spacial score (nSPS) is 12.8.